The van der Waals surface area contributed by atoms with E-state index in [0.717, 1.165) is 49.2 Å². The molecule has 0 unspecified atom stereocenters. The minimum atomic E-state index is -0.124. The number of nitrogens with one attached hydrogen (secondary N) is 1. The molecule has 0 aliphatic rings. The van der Waals surface area contributed by atoms with Crippen LogP contribution in [0, 0.1) is 0 Å². The highest BCUT2D eigenvalue weighted by Crippen LogP contribution is 2.17. The van der Waals surface area contributed by atoms with Crippen molar-refractivity contribution in [2.75, 3.05) is 33.4 Å². The maximum absolute atomic E-state index is 12.9. The Balaban J connectivity index is 2.11. The van der Waals surface area contributed by atoms with Crippen molar-refractivity contribution in [3.63, 3.8) is 0 Å². The van der Waals surface area contributed by atoms with Gasteiger partial charge in [0.1, 0.15) is 19.0 Å². The minimum absolute atomic E-state index is 0.0672. The Hall–Kier alpha value is -2.41. The number of carbonyl (C=O) groups excluding carboxylic acids is 2. The number of carbonyl (C=O) groups is 2. The molecule has 0 saturated carbocycles. The van der Waals surface area contributed by atoms with E-state index in [1.807, 2.05) is 33.7 Å². The highest BCUT2D eigenvalue weighted by Gasteiger charge is 2.17. The van der Waals surface area contributed by atoms with Crippen LogP contribution in [0.1, 0.15) is 38.9 Å². The van der Waals surface area contributed by atoms with Crippen LogP contribution in [0.5, 0.6) is 0 Å². The summed E-state index contributed by atoms with van der Waals surface area (Å²) in [5.74, 6) is 0.881. The molecule has 1 N–H and O–H groups in total. The van der Waals surface area contributed by atoms with E-state index in [1.54, 1.807) is 0 Å². The summed E-state index contributed by atoms with van der Waals surface area (Å²) in [4.78, 5) is 31.0. The summed E-state index contributed by atoms with van der Waals surface area (Å²) in [6.07, 6.45) is 3.34. The monoisotopic (exact) mass is 388 g/mol. The Morgan fingerprint density at radius 2 is 1.89 bits per heavy atom. The molecule has 0 radical (unpaired) electrons. The first kappa shape index (κ1) is 21.9. The number of amides is 2. The highest BCUT2D eigenvalue weighted by molar-refractivity contribution is 5.81. The average Bonchev–Trinajstić information content (AvgIpc) is 3.03. The lowest BCUT2D eigenvalue weighted by molar-refractivity contribution is -0.132. The third-order valence-electron chi connectivity index (χ3n) is 4.54. The second-order valence-corrected chi connectivity index (χ2v) is 6.87. The van der Waals surface area contributed by atoms with E-state index in [1.165, 1.54) is 7.11 Å². The number of benzene rings is 1. The number of ether oxygens (including phenoxy) is 1. The van der Waals surface area contributed by atoms with Crippen molar-refractivity contribution in [3.8, 4) is 0 Å². The van der Waals surface area contributed by atoms with Crippen LogP contribution in [0.4, 0.5) is 0 Å². The Kier molecular flexibility index (Phi) is 8.94. The van der Waals surface area contributed by atoms with Crippen molar-refractivity contribution in [3.05, 3.63) is 30.1 Å². The lowest BCUT2D eigenvalue weighted by Gasteiger charge is -2.22. The van der Waals surface area contributed by atoms with Gasteiger partial charge in [0.2, 0.25) is 11.8 Å². The predicted molar refractivity (Wildman–Crippen MR) is 110 cm³/mol. The van der Waals surface area contributed by atoms with Crippen LogP contribution < -0.4 is 5.32 Å². The number of methoxy groups -OCH3 is 1. The molecule has 0 aliphatic carbocycles. The summed E-state index contributed by atoms with van der Waals surface area (Å²) in [5.41, 5.74) is 1.87. The molecule has 0 atom stereocenters. The summed E-state index contributed by atoms with van der Waals surface area (Å²) in [7, 11) is 1.50. The zero-order valence-corrected chi connectivity index (χ0v) is 17.2. The van der Waals surface area contributed by atoms with Crippen LogP contribution in [-0.2, 0) is 27.3 Å². The van der Waals surface area contributed by atoms with Crippen molar-refractivity contribution in [1.82, 2.24) is 19.8 Å². The number of nitrogens with zero attached hydrogens (tertiary/aromatic N) is 3. The zero-order chi connectivity index (χ0) is 20.4. The van der Waals surface area contributed by atoms with Gasteiger partial charge < -0.3 is 19.5 Å². The molecule has 1 aromatic carbocycles. The van der Waals surface area contributed by atoms with Crippen molar-refractivity contribution in [1.29, 1.82) is 0 Å². The molecule has 1 heterocycles. The van der Waals surface area contributed by atoms with Gasteiger partial charge in [-0.2, -0.15) is 0 Å². The van der Waals surface area contributed by atoms with Crippen LogP contribution in [-0.4, -0.2) is 59.6 Å². The van der Waals surface area contributed by atoms with E-state index in [0.29, 0.717) is 19.5 Å². The number of imidazole rings is 1. The number of fused-ring (bicyclic) bond motifs is 1. The van der Waals surface area contributed by atoms with Gasteiger partial charge in [0.25, 0.3) is 0 Å². The fourth-order valence-electron chi connectivity index (χ4n) is 3.29. The predicted octanol–water partition coefficient (Wildman–Crippen LogP) is 2.38. The molecule has 28 heavy (non-hydrogen) atoms. The van der Waals surface area contributed by atoms with E-state index < -0.39 is 0 Å². The van der Waals surface area contributed by atoms with Crippen LogP contribution in [0.3, 0.4) is 0 Å². The molecular weight excluding hydrogens is 356 g/mol. The lowest BCUT2D eigenvalue weighted by Crippen LogP contribution is -2.35. The summed E-state index contributed by atoms with van der Waals surface area (Å²) in [6.45, 7) is 6.65. The summed E-state index contributed by atoms with van der Waals surface area (Å²) in [5, 5.41) is 2.82. The van der Waals surface area contributed by atoms with Gasteiger partial charge in [-0.1, -0.05) is 26.0 Å². The third kappa shape index (κ3) is 6.05. The van der Waals surface area contributed by atoms with E-state index in [9.17, 15) is 9.59 Å². The van der Waals surface area contributed by atoms with E-state index >= 15 is 0 Å². The molecule has 154 valence electrons. The van der Waals surface area contributed by atoms with Crippen molar-refractivity contribution in [2.45, 2.75) is 46.1 Å². The average molecular weight is 389 g/mol. The number of aryl methyl sites for hydroxylation is 1. The molecule has 0 spiro atoms. The van der Waals surface area contributed by atoms with Crippen molar-refractivity contribution in [2.24, 2.45) is 0 Å². The van der Waals surface area contributed by atoms with Gasteiger partial charge in [0.15, 0.2) is 0 Å². The first-order valence-electron chi connectivity index (χ1n) is 10.1. The smallest absolute Gasteiger partial charge is 0.245 e. The van der Waals surface area contributed by atoms with Crippen LogP contribution in [0.2, 0.25) is 0 Å². The standard InChI is InChI=1S/C21H32N4O3/c1-4-13-24(14-5-2)21(27)15-25-18-10-7-6-9-17(18)23-19(25)11-8-12-22-20(26)16-28-3/h6-7,9-10H,4-5,8,11-16H2,1-3H3,(H,22,26). The third-order valence-corrected chi connectivity index (χ3v) is 4.54. The summed E-state index contributed by atoms with van der Waals surface area (Å²) < 4.78 is 6.83. The van der Waals surface area contributed by atoms with Crippen LogP contribution >= 0.6 is 0 Å². The second-order valence-electron chi connectivity index (χ2n) is 6.87. The number of hydrogen-bond donors (Lipinski definition) is 1. The van der Waals surface area contributed by atoms with Gasteiger partial charge in [-0.3, -0.25) is 9.59 Å². The molecule has 7 nitrogen and oxygen atoms in total. The Morgan fingerprint density at radius 1 is 1.18 bits per heavy atom. The lowest BCUT2D eigenvalue weighted by atomic mass is 10.2. The maximum Gasteiger partial charge on any atom is 0.245 e. The van der Waals surface area contributed by atoms with E-state index in [2.05, 4.69) is 19.2 Å². The number of rotatable bonds is 12. The Morgan fingerprint density at radius 3 is 2.57 bits per heavy atom. The number of aromatic nitrogens is 2. The normalized spacial score (nSPS) is 11.0. The van der Waals surface area contributed by atoms with Crippen molar-refractivity contribution < 1.29 is 14.3 Å². The fourth-order valence-corrected chi connectivity index (χ4v) is 3.29. The summed E-state index contributed by atoms with van der Waals surface area (Å²) >= 11 is 0. The van der Waals surface area contributed by atoms with Gasteiger partial charge in [-0.05, 0) is 31.4 Å². The van der Waals surface area contributed by atoms with Crippen LogP contribution in [0.15, 0.2) is 24.3 Å². The first-order chi connectivity index (χ1) is 13.6. The molecule has 2 rings (SSSR count). The van der Waals surface area contributed by atoms with E-state index in [4.69, 9.17) is 9.72 Å². The zero-order valence-electron chi connectivity index (χ0n) is 17.2. The van der Waals surface area contributed by atoms with E-state index in [-0.39, 0.29) is 18.4 Å². The quantitative estimate of drug-likeness (QED) is 0.567. The SMILES string of the molecule is CCCN(CCC)C(=O)Cn1c(CCCNC(=O)COC)nc2ccccc21. The van der Waals surface area contributed by atoms with Crippen LogP contribution in [0.25, 0.3) is 11.0 Å². The minimum Gasteiger partial charge on any atom is -0.375 e. The first-order valence-corrected chi connectivity index (χ1v) is 10.1. The van der Waals surface area contributed by atoms with Gasteiger partial charge in [0.05, 0.1) is 11.0 Å². The molecule has 2 aromatic rings. The van der Waals surface area contributed by atoms with Crippen molar-refractivity contribution >= 4 is 22.8 Å². The molecule has 0 fully saturated rings. The molecule has 0 aliphatic heterocycles. The number of para-hydroxylation sites is 2. The largest absolute Gasteiger partial charge is 0.375 e. The fraction of sp³-hybridized carbons (Fsp3) is 0.571. The molecular formula is C21H32N4O3. The maximum atomic E-state index is 12.9. The van der Waals surface area contributed by atoms with Gasteiger partial charge in [-0.25, -0.2) is 4.98 Å². The topological polar surface area (TPSA) is 76.5 Å². The van der Waals surface area contributed by atoms with Gasteiger partial charge in [-0.15, -0.1) is 0 Å². The Bertz CT molecular complexity index is 766. The molecule has 1 aromatic heterocycles. The Labute approximate surface area is 167 Å². The highest BCUT2D eigenvalue weighted by atomic mass is 16.5. The molecule has 0 bridgehead atoms. The summed E-state index contributed by atoms with van der Waals surface area (Å²) in [6, 6.07) is 7.89. The molecule has 7 heteroatoms. The molecule has 2 amide bonds. The molecule has 0 saturated heterocycles. The number of hydrogen-bond acceptors (Lipinski definition) is 4. The van der Waals surface area contributed by atoms with Gasteiger partial charge in [0, 0.05) is 33.2 Å². The second kappa shape index (κ2) is 11.4. The van der Waals surface area contributed by atoms with Gasteiger partial charge >= 0.3 is 0 Å².